The van der Waals surface area contributed by atoms with Gasteiger partial charge in [-0.2, -0.15) is 11.3 Å². The lowest BCUT2D eigenvalue weighted by molar-refractivity contribution is -0.144. The molecule has 1 fully saturated rings. The van der Waals surface area contributed by atoms with Crippen molar-refractivity contribution in [1.82, 2.24) is 9.88 Å². The van der Waals surface area contributed by atoms with Crippen molar-refractivity contribution in [3.05, 3.63) is 40.2 Å². The fraction of sp³-hybridized carbons (Fsp3) is 0.389. The highest BCUT2D eigenvalue weighted by molar-refractivity contribution is 7.08. The molecule has 5 nitrogen and oxygen atoms in total. The predicted octanol–water partition coefficient (Wildman–Crippen LogP) is 3.44. The SMILES string of the molecule is Cc1nc(-c2ccsc2)ccc1C(=O)N1CCC[C@@H](C(=O)O)[C@H]1C. The fourth-order valence-electron chi connectivity index (χ4n) is 3.27. The van der Waals surface area contributed by atoms with E-state index >= 15 is 0 Å². The van der Waals surface area contributed by atoms with Crippen molar-refractivity contribution < 1.29 is 14.7 Å². The monoisotopic (exact) mass is 344 g/mol. The lowest BCUT2D eigenvalue weighted by Crippen LogP contribution is -2.49. The number of rotatable bonds is 3. The number of aliphatic carboxylic acids is 1. The molecule has 0 saturated carbocycles. The quantitative estimate of drug-likeness (QED) is 0.926. The van der Waals surface area contributed by atoms with Gasteiger partial charge in [0.1, 0.15) is 0 Å². The lowest BCUT2D eigenvalue weighted by atomic mass is 9.89. The van der Waals surface area contributed by atoms with Crippen LogP contribution in [0.5, 0.6) is 0 Å². The lowest BCUT2D eigenvalue weighted by Gasteiger charge is -2.37. The molecule has 0 aliphatic carbocycles. The highest BCUT2D eigenvalue weighted by Gasteiger charge is 2.36. The minimum atomic E-state index is -0.831. The zero-order valence-electron chi connectivity index (χ0n) is 13.7. The molecule has 2 aromatic heterocycles. The molecule has 1 saturated heterocycles. The van der Waals surface area contributed by atoms with Crippen LogP contribution in [-0.4, -0.2) is 39.5 Å². The first kappa shape index (κ1) is 16.6. The number of pyridine rings is 1. The number of thiophene rings is 1. The van der Waals surface area contributed by atoms with Gasteiger partial charge < -0.3 is 10.0 Å². The Morgan fingerprint density at radius 1 is 1.33 bits per heavy atom. The molecule has 2 atom stereocenters. The number of carbonyl (C=O) groups is 2. The first-order chi connectivity index (χ1) is 11.5. The second-order valence-electron chi connectivity index (χ2n) is 6.17. The number of hydrogen-bond acceptors (Lipinski definition) is 4. The third-order valence-corrected chi connectivity index (χ3v) is 5.38. The number of carbonyl (C=O) groups excluding carboxylic acids is 1. The minimum absolute atomic E-state index is 0.129. The van der Waals surface area contributed by atoms with E-state index in [4.69, 9.17) is 0 Å². The van der Waals surface area contributed by atoms with E-state index in [1.54, 1.807) is 22.3 Å². The molecular formula is C18H20N2O3S. The molecule has 0 radical (unpaired) electrons. The first-order valence-corrected chi connectivity index (χ1v) is 8.97. The molecule has 126 valence electrons. The van der Waals surface area contributed by atoms with Gasteiger partial charge in [-0.25, -0.2) is 0 Å². The van der Waals surface area contributed by atoms with Crippen molar-refractivity contribution in [2.24, 2.45) is 5.92 Å². The summed E-state index contributed by atoms with van der Waals surface area (Å²) in [7, 11) is 0. The number of piperidine rings is 1. The second-order valence-corrected chi connectivity index (χ2v) is 6.95. The van der Waals surface area contributed by atoms with Crippen molar-refractivity contribution in [1.29, 1.82) is 0 Å². The maximum atomic E-state index is 12.9. The summed E-state index contributed by atoms with van der Waals surface area (Å²) in [6, 6.07) is 5.35. The summed E-state index contributed by atoms with van der Waals surface area (Å²) in [5.41, 5.74) is 3.11. The maximum Gasteiger partial charge on any atom is 0.308 e. The Kier molecular flexibility index (Phi) is 4.66. The summed E-state index contributed by atoms with van der Waals surface area (Å²) in [5, 5.41) is 13.3. The first-order valence-electron chi connectivity index (χ1n) is 8.03. The zero-order valence-corrected chi connectivity index (χ0v) is 14.5. The van der Waals surface area contributed by atoms with Crippen LogP contribution in [0.1, 0.15) is 35.8 Å². The van der Waals surface area contributed by atoms with Gasteiger partial charge in [-0.05, 0) is 50.3 Å². The third kappa shape index (κ3) is 3.06. The van der Waals surface area contributed by atoms with Crippen LogP contribution in [0.2, 0.25) is 0 Å². The van der Waals surface area contributed by atoms with Crippen molar-refractivity contribution in [2.45, 2.75) is 32.7 Å². The van der Waals surface area contributed by atoms with Gasteiger partial charge in [-0.1, -0.05) is 0 Å². The zero-order chi connectivity index (χ0) is 17.3. The highest BCUT2D eigenvalue weighted by Crippen LogP contribution is 2.27. The number of carboxylic acid groups (broad SMARTS) is 1. The molecule has 1 amide bonds. The largest absolute Gasteiger partial charge is 0.481 e. The molecule has 1 aliphatic heterocycles. The van der Waals surface area contributed by atoms with Crippen molar-refractivity contribution >= 4 is 23.2 Å². The van der Waals surface area contributed by atoms with Crippen LogP contribution in [0, 0.1) is 12.8 Å². The molecular weight excluding hydrogens is 324 g/mol. The Morgan fingerprint density at radius 2 is 2.12 bits per heavy atom. The van der Waals surface area contributed by atoms with Gasteiger partial charge in [0.15, 0.2) is 0 Å². The summed E-state index contributed by atoms with van der Waals surface area (Å²) in [6.07, 6.45) is 1.33. The van der Waals surface area contributed by atoms with Crippen LogP contribution in [0.15, 0.2) is 29.0 Å². The predicted molar refractivity (Wildman–Crippen MR) is 93.1 cm³/mol. The summed E-state index contributed by atoms with van der Waals surface area (Å²) >= 11 is 1.61. The average molecular weight is 344 g/mol. The molecule has 0 bridgehead atoms. The van der Waals surface area contributed by atoms with Crippen LogP contribution in [0.3, 0.4) is 0 Å². The van der Waals surface area contributed by atoms with Gasteiger partial charge in [0.05, 0.1) is 22.9 Å². The number of likely N-dealkylation sites (tertiary alicyclic amines) is 1. The Morgan fingerprint density at radius 3 is 2.75 bits per heavy atom. The van der Waals surface area contributed by atoms with Crippen molar-refractivity contribution in [3.8, 4) is 11.3 Å². The van der Waals surface area contributed by atoms with Gasteiger partial charge in [0.25, 0.3) is 5.91 Å². The molecule has 24 heavy (non-hydrogen) atoms. The van der Waals surface area contributed by atoms with E-state index in [0.29, 0.717) is 30.6 Å². The van der Waals surface area contributed by atoms with Crippen LogP contribution in [-0.2, 0) is 4.79 Å². The minimum Gasteiger partial charge on any atom is -0.481 e. The van der Waals surface area contributed by atoms with Gasteiger partial charge >= 0.3 is 5.97 Å². The normalized spacial score (nSPS) is 20.8. The van der Waals surface area contributed by atoms with Crippen LogP contribution in [0.25, 0.3) is 11.3 Å². The molecule has 2 aromatic rings. The summed E-state index contributed by atoms with van der Waals surface area (Å²) < 4.78 is 0. The van der Waals surface area contributed by atoms with Crippen molar-refractivity contribution in [3.63, 3.8) is 0 Å². The van der Waals surface area contributed by atoms with E-state index in [9.17, 15) is 14.7 Å². The third-order valence-electron chi connectivity index (χ3n) is 4.70. The molecule has 3 heterocycles. The number of carboxylic acids is 1. The van der Waals surface area contributed by atoms with E-state index in [2.05, 4.69) is 4.98 Å². The average Bonchev–Trinajstić information content (AvgIpc) is 3.08. The Hall–Kier alpha value is -2.21. The number of amides is 1. The van der Waals surface area contributed by atoms with Crippen LogP contribution < -0.4 is 0 Å². The summed E-state index contributed by atoms with van der Waals surface area (Å²) in [4.78, 5) is 30.5. The van der Waals surface area contributed by atoms with Gasteiger partial charge in [0, 0.05) is 23.5 Å². The smallest absolute Gasteiger partial charge is 0.308 e. The highest BCUT2D eigenvalue weighted by atomic mass is 32.1. The molecule has 1 N–H and O–H groups in total. The van der Waals surface area contributed by atoms with E-state index < -0.39 is 11.9 Å². The van der Waals surface area contributed by atoms with E-state index in [-0.39, 0.29) is 11.9 Å². The summed E-state index contributed by atoms with van der Waals surface area (Å²) in [6.45, 7) is 4.24. The second kappa shape index (κ2) is 6.73. The molecule has 0 spiro atoms. The fourth-order valence-corrected chi connectivity index (χ4v) is 3.92. The number of nitrogens with zero attached hydrogens (tertiary/aromatic N) is 2. The Labute approximate surface area is 145 Å². The standard InChI is InChI=1S/C18H20N2O3S/c1-11-14(5-6-16(19-11)13-7-9-24-10-13)17(21)20-8-3-4-15(12(20)2)18(22)23/h5-7,9-10,12,15H,3-4,8H2,1-2H3,(H,22,23)/t12-,15-/m1/s1. The molecule has 1 aliphatic rings. The number of hydrogen-bond donors (Lipinski definition) is 1. The number of aryl methyl sites for hydroxylation is 1. The van der Waals surface area contributed by atoms with Gasteiger partial charge in [-0.3, -0.25) is 14.6 Å². The number of aromatic nitrogens is 1. The Bertz CT molecular complexity index is 758. The summed E-state index contributed by atoms with van der Waals surface area (Å²) in [5.74, 6) is -1.46. The maximum absolute atomic E-state index is 12.9. The van der Waals surface area contributed by atoms with Crippen LogP contribution >= 0.6 is 11.3 Å². The molecule has 0 unspecified atom stereocenters. The molecule has 0 aromatic carbocycles. The van der Waals surface area contributed by atoms with E-state index in [1.165, 1.54) is 0 Å². The van der Waals surface area contributed by atoms with Crippen molar-refractivity contribution in [2.75, 3.05) is 6.54 Å². The molecule has 3 rings (SSSR count). The van der Waals surface area contributed by atoms with Gasteiger partial charge in [-0.15, -0.1) is 0 Å². The van der Waals surface area contributed by atoms with Crippen LogP contribution in [0.4, 0.5) is 0 Å². The van der Waals surface area contributed by atoms with Gasteiger partial charge in [0.2, 0.25) is 0 Å². The van der Waals surface area contributed by atoms with E-state index in [0.717, 1.165) is 11.3 Å². The topological polar surface area (TPSA) is 70.5 Å². The molecule has 6 heteroatoms. The Balaban J connectivity index is 1.86. The van der Waals surface area contributed by atoms with E-state index in [1.807, 2.05) is 36.7 Å².